The van der Waals surface area contributed by atoms with Gasteiger partial charge in [0.25, 0.3) is 0 Å². The highest BCUT2D eigenvalue weighted by Gasteiger charge is 2.77. The molecule has 43 heavy (non-hydrogen) atoms. The molecule has 6 rings (SSSR count). The van der Waals surface area contributed by atoms with Gasteiger partial charge < -0.3 is 25.4 Å². The number of amides is 3. The molecule has 3 unspecified atom stereocenters. The van der Waals surface area contributed by atoms with Crippen molar-refractivity contribution in [3.05, 3.63) is 101 Å². The second kappa shape index (κ2) is 11.9. The molecule has 0 saturated carbocycles. The molecule has 3 saturated heterocycles. The zero-order valence-corrected chi connectivity index (χ0v) is 25.8. The number of rotatable bonds is 9. The third-order valence-corrected chi connectivity index (χ3v) is 10.1. The molecule has 3 heterocycles. The monoisotopic (exact) mass is 645 g/mol. The fourth-order valence-corrected chi connectivity index (χ4v) is 8.25. The van der Waals surface area contributed by atoms with Crippen LogP contribution in [0, 0.1) is 25.7 Å². The van der Waals surface area contributed by atoms with Gasteiger partial charge in [-0.2, -0.15) is 0 Å². The molecule has 0 radical (unpaired) electrons. The van der Waals surface area contributed by atoms with Crippen molar-refractivity contribution in [3.63, 3.8) is 0 Å². The van der Waals surface area contributed by atoms with E-state index >= 15 is 0 Å². The lowest BCUT2D eigenvalue weighted by Crippen LogP contribution is -2.57. The Hall–Kier alpha value is -3.53. The molecular formula is C34H36BrN3O5. The average Bonchev–Trinajstić information content (AvgIpc) is 3.61. The van der Waals surface area contributed by atoms with Gasteiger partial charge in [0.15, 0.2) is 0 Å². The molecule has 9 heteroatoms. The normalized spacial score (nSPS) is 28.0. The van der Waals surface area contributed by atoms with Gasteiger partial charge >= 0.3 is 0 Å². The van der Waals surface area contributed by atoms with E-state index in [0.29, 0.717) is 25.1 Å². The van der Waals surface area contributed by atoms with Crippen LogP contribution >= 0.6 is 15.9 Å². The van der Waals surface area contributed by atoms with Crippen LogP contribution in [0.3, 0.4) is 0 Å². The minimum atomic E-state index is -1.23. The second-order valence-corrected chi connectivity index (χ2v) is 13.1. The number of carbonyl (C=O) groups excluding carboxylic acids is 3. The zero-order valence-electron chi connectivity index (χ0n) is 24.2. The van der Waals surface area contributed by atoms with Gasteiger partial charge in [0.1, 0.15) is 11.6 Å². The third kappa shape index (κ3) is 5.17. The van der Waals surface area contributed by atoms with Gasteiger partial charge in [-0.1, -0.05) is 94.8 Å². The Morgan fingerprint density at radius 3 is 2.23 bits per heavy atom. The molecule has 8 nitrogen and oxygen atoms in total. The third-order valence-electron chi connectivity index (χ3n) is 9.24. The number of aryl methyl sites for hydroxylation is 2. The number of aliphatic hydroxyl groups excluding tert-OH is 1. The van der Waals surface area contributed by atoms with Crippen molar-refractivity contribution in [2.75, 3.05) is 11.9 Å². The lowest BCUT2D eigenvalue weighted by molar-refractivity contribution is -0.144. The van der Waals surface area contributed by atoms with E-state index in [0.717, 1.165) is 22.3 Å². The van der Waals surface area contributed by atoms with Gasteiger partial charge in [-0.3, -0.25) is 14.4 Å². The van der Waals surface area contributed by atoms with Crippen LogP contribution in [0.2, 0.25) is 0 Å². The summed E-state index contributed by atoms with van der Waals surface area (Å²) >= 11 is 3.73. The minimum Gasteiger partial charge on any atom is -0.394 e. The number of anilines is 1. The van der Waals surface area contributed by atoms with Gasteiger partial charge in [-0.25, -0.2) is 0 Å². The Balaban J connectivity index is 1.38. The second-order valence-electron chi connectivity index (χ2n) is 11.9. The molecule has 2 bridgehead atoms. The largest absolute Gasteiger partial charge is 0.394 e. The van der Waals surface area contributed by atoms with Crippen LogP contribution in [0.1, 0.15) is 28.7 Å². The first-order valence-corrected chi connectivity index (χ1v) is 15.6. The first-order chi connectivity index (χ1) is 20.7. The Morgan fingerprint density at radius 1 is 0.977 bits per heavy atom. The zero-order chi connectivity index (χ0) is 30.3. The molecule has 3 fully saturated rings. The molecule has 224 valence electrons. The van der Waals surface area contributed by atoms with E-state index in [4.69, 9.17) is 4.74 Å². The highest BCUT2D eigenvalue weighted by Crippen LogP contribution is 2.60. The van der Waals surface area contributed by atoms with E-state index < -0.39 is 35.6 Å². The molecule has 3 N–H and O–H groups in total. The maximum Gasteiger partial charge on any atom is 0.250 e. The SMILES string of the molecule is Cc1cccc(C)c1NC(=O)C1N([C@@H](CO)Cc2ccccc2)C(=O)[C@@H]2[C@H](C(=O)NCc3ccccc3)[C@H]3OC12CC3Br. The standard InChI is InChI=1S/C34H36BrN3O5/c1-20-10-9-11-21(2)28(20)37-32(41)30-34-17-25(35)29(43-34)26(31(40)36-18-23-14-7-4-8-15-23)27(34)33(42)38(30)24(19-39)16-22-12-5-3-6-13-22/h3-15,24-27,29-30,39H,16-19H2,1-2H3,(H,36,40)(H,37,41)/t24-,25?,26+,27+,29+,30?,34?/m1/s1. The van der Waals surface area contributed by atoms with E-state index in [1.165, 1.54) is 4.90 Å². The van der Waals surface area contributed by atoms with Crippen molar-refractivity contribution >= 4 is 39.3 Å². The number of nitrogens with one attached hydrogen (secondary N) is 2. The highest BCUT2D eigenvalue weighted by atomic mass is 79.9. The molecule has 7 atom stereocenters. The van der Waals surface area contributed by atoms with E-state index in [1.807, 2.05) is 92.7 Å². The quantitative estimate of drug-likeness (QED) is 0.306. The summed E-state index contributed by atoms with van der Waals surface area (Å²) < 4.78 is 6.65. The number of nitrogens with zero attached hydrogens (tertiary/aromatic N) is 1. The van der Waals surface area contributed by atoms with Crippen LogP contribution in [0.25, 0.3) is 0 Å². The van der Waals surface area contributed by atoms with Gasteiger partial charge in [-0.15, -0.1) is 0 Å². The number of halogens is 1. The fraction of sp³-hybridized carbons (Fsp3) is 0.382. The summed E-state index contributed by atoms with van der Waals surface area (Å²) in [5.41, 5.74) is 3.12. The predicted octanol–water partition coefficient (Wildman–Crippen LogP) is 3.91. The van der Waals surface area contributed by atoms with Crippen molar-refractivity contribution in [2.45, 2.75) is 61.8 Å². The first kappa shape index (κ1) is 29.5. The van der Waals surface area contributed by atoms with Crippen LogP contribution in [-0.4, -0.2) is 63.0 Å². The summed E-state index contributed by atoms with van der Waals surface area (Å²) in [6.45, 7) is 3.82. The maximum atomic E-state index is 14.5. The molecule has 3 amide bonds. The van der Waals surface area contributed by atoms with Crippen molar-refractivity contribution in [3.8, 4) is 0 Å². The van der Waals surface area contributed by atoms with E-state index in [9.17, 15) is 19.5 Å². The van der Waals surface area contributed by atoms with Gasteiger partial charge in [-0.05, 0) is 48.9 Å². The minimum absolute atomic E-state index is 0.221. The summed E-state index contributed by atoms with van der Waals surface area (Å²) in [7, 11) is 0. The molecule has 3 aliphatic heterocycles. The Kier molecular flexibility index (Phi) is 8.15. The van der Waals surface area contributed by atoms with Crippen LogP contribution in [0.4, 0.5) is 5.69 Å². The van der Waals surface area contributed by atoms with Crippen LogP contribution in [-0.2, 0) is 32.1 Å². The number of aliphatic hydroxyl groups is 1. The average molecular weight is 647 g/mol. The van der Waals surface area contributed by atoms with Crippen molar-refractivity contribution in [1.82, 2.24) is 10.2 Å². The lowest BCUT2D eigenvalue weighted by atomic mass is 9.70. The number of carbonyl (C=O) groups is 3. The summed E-state index contributed by atoms with van der Waals surface area (Å²) in [6.07, 6.45) is 0.177. The maximum absolute atomic E-state index is 14.5. The van der Waals surface area contributed by atoms with E-state index in [-0.39, 0.29) is 29.2 Å². The number of ether oxygens (including phenoxy) is 1. The fourth-order valence-electron chi connectivity index (χ4n) is 7.30. The van der Waals surface area contributed by atoms with Gasteiger partial charge in [0, 0.05) is 17.1 Å². The summed E-state index contributed by atoms with van der Waals surface area (Å²) in [6, 6.07) is 23.2. The van der Waals surface area contributed by atoms with Crippen molar-refractivity contribution < 1.29 is 24.2 Å². The number of likely N-dealkylation sites (tertiary alicyclic amines) is 1. The number of benzene rings is 3. The Labute approximate surface area is 259 Å². The first-order valence-electron chi connectivity index (χ1n) is 14.7. The smallest absolute Gasteiger partial charge is 0.250 e. The summed E-state index contributed by atoms with van der Waals surface area (Å²) in [4.78, 5) is 44.0. The predicted molar refractivity (Wildman–Crippen MR) is 166 cm³/mol. The molecule has 3 aromatic carbocycles. The summed E-state index contributed by atoms with van der Waals surface area (Å²) in [5.74, 6) is -2.65. The summed E-state index contributed by atoms with van der Waals surface area (Å²) in [5, 5.41) is 16.8. The Morgan fingerprint density at radius 2 is 1.60 bits per heavy atom. The van der Waals surface area contributed by atoms with E-state index in [2.05, 4.69) is 26.6 Å². The number of hydrogen-bond donors (Lipinski definition) is 3. The van der Waals surface area contributed by atoms with Crippen LogP contribution < -0.4 is 10.6 Å². The van der Waals surface area contributed by atoms with Crippen LogP contribution in [0.5, 0.6) is 0 Å². The number of fused-ring (bicyclic) bond motifs is 1. The van der Waals surface area contributed by atoms with Crippen molar-refractivity contribution in [1.29, 1.82) is 0 Å². The number of hydrogen-bond acceptors (Lipinski definition) is 5. The molecule has 0 aliphatic carbocycles. The number of alkyl halides is 1. The molecule has 3 aliphatic rings. The molecular weight excluding hydrogens is 610 g/mol. The topological polar surface area (TPSA) is 108 Å². The Bertz CT molecular complexity index is 1500. The molecule has 3 aromatic rings. The van der Waals surface area contributed by atoms with Crippen molar-refractivity contribution in [2.24, 2.45) is 11.8 Å². The van der Waals surface area contributed by atoms with E-state index in [1.54, 1.807) is 0 Å². The highest BCUT2D eigenvalue weighted by molar-refractivity contribution is 9.09. The number of para-hydroxylation sites is 1. The van der Waals surface area contributed by atoms with Gasteiger partial charge in [0.2, 0.25) is 17.7 Å². The van der Waals surface area contributed by atoms with Gasteiger partial charge in [0.05, 0.1) is 30.6 Å². The lowest BCUT2D eigenvalue weighted by Gasteiger charge is -2.37. The molecule has 1 spiro atoms. The van der Waals surface area contributed by atoms with Crippen LogP contribution in [0.15, 0.2) is 78.9 Å². The molecule has 0 aromatic heterocycles.